The van der Waals surface area contributed by atoms with Crippen molar-refractivity contribution in [2.45, 2.75) is 32.8 Å². The zero-order chi connectivity index (χ0) is 21.3. The third-order valence-electron chi connectivity index (χ3n) is 5.46. The van der Waals surface area contributed by atoms with Gasteiger partial charge in [0, 0.05) is 51.9 Å². The van der Waals surface area contributed by atoms with Gasteiger partial charge in [-0.3, -0.25) is 9.69 Å². The number of carbonyl (C=O) groups excluding carboxylic acids is 1. The molecule has 1 amide bonds. The Balaban J connectivity index is 1.47. The molecule has 2 heterocycles. The third kappa shape index (κ3) is 6.58. The van der Waals surface area contributed by atoms with Crippen LogP contribution in [0.4, 0.5) is 4.39 Å². The van der Waals surface area contributed by atoms with E-state index in [0.29, 0.717) is 18.8 Å². The molecule has 2 aliphatic heterocycles. The topological polar surface area (TPSA) is 60.4 Å². The van der Waals surface area contributed by atoms with Gasteiger partial charge in [0.15, 0.2) is 5.96 Å². The first kappa shape index (κ1) is 22.3. The molecule has 3 rings (SSSR count). The fourth-order valence-corrected chi connectivity index (χ4v) is 3.83. The van der Waals surface area contributed by atoms with Gasteiger partial charge in [0.1, 0.15) is 17.7 Å². The summed E-state index contributed by atoms with van der Waals surface area (Å²) < 4.78 is 19.1. The van der Waals surface area contributed by atoms with E-state index in [4.69, 9.17) is 9.73 Å². The zero-order valence-corrected chi connectivity index (χ0v) is 18.1. The van der Waals surface area contributed by atoms with Crippen LogP contribution in [-0.4, -0.2) is 91.6 Å². The quantitative estimate of drug-likeness (QED) is 0.540. The second kappa shape index (κ2) is 11.2. The number of nitrogens with one attached hydrogen (secondary N) is 1. The minimum atomic E-state index is -0.308. The van der Waals surface area contributed by atoms with Crippen LogP contribution in [0.25, 0.3) is 0 Å². The number of halogens is 1. The fraction of sp³-hybridized carbons (Fsp3) is 0.636. The highest BCUT2D eigenvalue weighted by molar-refractivity contribution is 5.80. The summed E-state index contributed by atoms with van der Waals surface area (Å²) in [5.41, 5.74) is 0. The number of piperazine rings is 1. The highest BCUT2D eigenvalue weighted by atomic mass is 19.1. The van der Waals surface area contributed by atoms with E-state index in [1.807, 2.05) is 18.7 Å². The summed E-state index contributed by atoms with van der Waals surface area (Å²) in [5, 5.41) is 3.35. The van der Waals surface area contributed by atoms with Crippen molar-refractivity contribution < 1.29 is 13.9 Å². The summed E-state index contributed by atoms with van der Waals surface area (Å²) >= 11 is 0. The molecule has 1 N–H and O–H groups in total. The molecule has 0 spiro atoms. The number of carbonyl (C=O) groups is 1. The molecule has 7 nitrogen and oxygen atoms in total. The first-order valence-corrected chi connectivity index (χ1v) is 11.0. The smallest absolute Gasteiger partial charge is 0.236 e. The first-order chi connectivity index (χ1) is 14.5. The molecule has 2 saturated heterocycles. The van der Waals surface area contributed by atoms with E-state index in [0.717, 1.165) is 64.6 Å². The van der Waals surface area contributed by atoms with E-state index in [9.17, 15) is 9.18 Å². The van der Waals surface area contributed by atoms with Crippen LogP contribution in [0.2, 0.25) is 0 Å². The maximum atomic E-state index is 13.3. The molecule has 1 unspecified atom stereocenters. The number of likely N-dealkylation sites (tertiary alicyclic amines) is 1. The maximum absolute atomic E-state index is 13.3. The molecule has 0 radical (unpaired) electrons. The number of nitrogens with zero attached hydrogens (tertiary/aromatic N) is 4. The lowest BCUT2D eigenvalue weighted by atomic mass is 10.3. The van der Waals surface area contributed by atoms with Gasteiger partial charge in [-0.05, 0) is 38.8 Å². The van der Waals surface area contributed by atoms with Gasteiger partial charge >= 0.3 is 0 Å². The van der Waals surface area contributed by atoms with Crippen LogP contribution < -0.4 is 10.1 Å². The van der Waals surface area contributed by atoms with Crippen molar-refractivity contribution in [2.75, 3.05) is 58.9 Å². The van der Waals surface area contributed by atoms with Crippen LogP contribution in [0.3, 0.4) is 0 Å². The minimum Gasteiger partial charge on any atom is -0.489 e. The van der Waals surface area contributed by atoms with Crippen molar-refractivity contribution >= 4 is 11.9 Å². The molecule has 2 fully saturated rings. The van der Waals surface area contributed by atoms with Crippen LogP contribution in [0.1, 0.15) is 26.7 Å². The molecule has 0 saturated carbocycles. The van der Waals surface area contributed by atoms with Crippen molar-refractivity contribution in [1.29, 1.82) is 0 Å². The molecule has 8 heteroatoms. The molecule has 1 atom stereocenters. The van der Waals surface area contributed by atoms with E-state index in [1.54, 1.807) is 12.1 Å². The molecule has 2 aliphatic rings. The normalized spacial score (nSPS) is 19.1. The molecule has 30 heavy (non-hydrogen) atoms. The number of benzene rings is 1. The van der Waals surface area contributed by atoms with E-state index in [1.165, 1.54) is 12.1 Å². The minimum absolute atomic E-state index is 0.167. The number of ether oxygens (including phenoxy) is 1. The van der Waals surface area contributed by atoms with Crippen LogP contribution in [-0.2, 0) is 4.79 Å². The monoisotopic (exact) mass is 419 g/mol. The summed E-state index contributed by atoms with van der Waals surface area (Å²) in [6, 6.07) is 6.17. The Bertz CT molecular complexity index is 715. The van der Waals surface area contributed by atoms with Crippen molar-refractivity contribution in [2.24, 2.45) is 4.99 Å². The van der Waals surface area contributed by atoms with Crippen LogP contribution in [0, 0.1) is 5.82 Å². The summed E-state index contributed by atoms with van der Waals surface area (Å²) in [7, 11) is 0. The van der Waals surface area contributed by atoms with E-state index in [2.05, 4.69) is 15.1 Å². The number of amides is 1. The Hall–Kier alpha value is -2.35. The second-order valence-corrected chi connectivity index (χ2v) is 7.93. The molecule has 0 aliphatic carbocycles. The van der Waals surface area contributed by atoms with E-state index in [-0.39, 0.29) is 17.8 Å². The fourth-order valence-electron chi connectivity index (χ4n) is 3.83. The predicted octanol–water partition coefficient (Wildman–Crippen LogP) is 1.80. The first-order valence-electron chi connectivity index (χ1n) is 11.0. The molecular weight excluding hydrogens is 385 g/mol. The molecular formula is C22H34FN5O2. The Morgan fingerprint density at radius 3 is 2.57 bits per heavy atom. The van der Waals surface area contributed by atoms with Gasteiger partial charge in [-0.2, -0.15) is 0 Å². The predicted molar refractivity (Wildman–Crippen MR) is 116 cm³/mol. The van der Waals surface area contributed by atoms with Crippen LogP contribution in [0.15, 0.2) is 29.3 Å². The van der Waals surface area contributed by atoms with Gasteiger partial charge in [-0.25, -0.2) is 9.38 Å². The Labute approximate surface area is 178 Å². The second-order valence-electron chi connectivity index (χ2n) is 7.93. The average molecular weight is 420 g/mol. The highest BCUT2D eigenvalue weighted by Gasteiger charge is 2.24. The SMILES string of the molecule is CCNC(=NCC(C)Oc1cccc(F)c1)N1CCN(CC(=O)N2CCCC2)CC1. The zero-order valence-electron chi connectivity index (χ0n) is 18.1. The number of hydrogen-bond acceptors (Lipinski definition) is 4. The average Bonchev–Trinajstić information content (AvgIpc) is 3.27. The van der Waals surface area contributed by atoms with Crippen molar-refractivity contribution in [1.82, 2.24) is 20.0 Å². The number of hydrogen-bond donors (Lipinski definition) is 1. The van der Waals surface area contributed by atoms with Crippen LogP contribution in [0.5, 0.6) is 5.75 Å². The molecule has 0 bridgehead atoms. The van der Waals surface area contributed by atoms with Crippen LogP contribution >= 0.6 is 0 Å². The van der Waals surface area contributed by atoms with E-state index >= 15 is 0 Å². The number of rotatable bonds is 7. The maximum Gasteiger partial charge on any atom is 0.236 e. The summed E-state index contributed by atoms with van der Waals surface area (Å²) in [6.07, 6.45) is 2.09. The lowest BCUT2D eigenvalue weighted by Crippen LogP contribution is -2.54. The van der Waals surface area contributed by atoms with Gasteiger partial charge in [-0.15, -0.1) is 0 Å². The Kier molecular flexibility index (Phi) is 8.30. The van der Waals surface area contributed by atoms with Gasteiger partial charge in [0.05, 0.1) is 13.1 Å². The van der Waals surface area contributed by atoms with Gasteiger partial charge in [0.2, 0.25) is 5.91 Å². The van der Waals surface area contributed by atoms with Crippen molar-refractivity contribution in [3.63, 3.8) is 0 Å². The molecule has 166 valence electrons. The number of aliphatic imine (C=N–C) groups is 1. The largest absolute Gasteiger partial charge is 0.489 e. The molecule has 1 aromatic rings. The van der Waals surface area contributed by atoms with Crippen molar-refractivity contribution in [3.8, 4) is 5.75 Å². The molecule has 0 aromatic heterocycles. The number of guanidine groups is 1. The Morgan fingerprint density at radius 1 is 1.17 bits per heavy atom. The molecule has 1 aromatic carbocycles. The highest BCUT2D eigenvalue weighted by Crippen LogP contribution is 2.14. The summed E-state index contributed by atoms with van der Waals surface area (Å²) in [4.78, 5) is 23.5. The van der Waals surface area contributed by atoms with Gasteiger partial charge in [-0.1, -0.05) is 6.07 Å². The van der Waals surface area contributed by atoms with E-state index < -0.39 is 0 Å². The lowest BCUT2D eigenvalue weighted by molar-refractivity contribution is -0.131. The lowest BCUT2D eigenvalue weighted by Gasteiger charge is -2.36. The van der Waals surface area contributed by atoms with Gasteiger partial charge < -0.3 is 19.9 Å². The standard InChI is InChI=1S/C22H34FN5O2/c1-3-24-22(25-16-18(2)30-20-8-6-7-19(23)15-20)28-13-11-26(12-14-28)17-21(29)27-9-4-5-10-27/h6-8,15,18H,3-5,9-14,16-17H2,1-2H3,(H,24,25). The Morgan fingerprint density at radius 2 is 1.90 bits per heavy atom. The van der Waals surface area contributed by atoms with Gasteiger partial charge in [0.25, 0.3) is 0 Å². The third-order valence-corrected chi connectivity index (χ3v) is 5.46. The summed E-state index contributed by atoms with van der Waals surface area (Å²) in [6.45, 7) is 10.9. The summed E-state index contributed by atoms with van der Waals surface area (Å²) in [5.74, 6) is 1.32. The van der Waals surface area contributed by atoms with Crippen molar-refractivity contribution in [3.05, 3.63) is 30.1 Å².